The molecule has 0 aliphatic heterocycles. The van der Waals surface area contributed by atoms with Gasteiger partial charge in [0.15, 0.2) is 0 Å². The van der Waals surface area contributed by atoms with Crippen molar-refractivity contribution in [1.29, 1.82) is 0 Å². The molecule has 24 heavy (non-hydrogen) atoms. The van der Waals surface area contributed by atoms with Crippen molar-refractivity contribution >= 4 is 16.9 Å². The molecule has 0 spiro atoms. The van der Waals surface area contributed by atoms with Crippen LogP contribution in [0.2, 0.25) is 0 Å². The third-order valence-electron chi connectivity index (χ3n) is 4.58. The summed E-state index contributed by atoms with van der Waals surface area (Å²) in [5.41, 5.74) is 1.65. The number of halogens is 3. The Morgan fingerprint density at radius 3 is 2.79 bits per heavy atom. The number of rotatable bonds is 3. The number of nitrogens with one attached hydrogen (secondary N) is 1. The fourth-order valence-electron chi connectivity index (χ4n) is 3.29. The average Bonchev–Trinajstić information content (AvgIpc) is 2.96. The summed E-state index contributed by atoms with van der Waals surface area (Å²) in [4.78, 5) is 12.4. The maximum Gasteiger partial charge on any atom is 0.393 e. The van der Waals surface area contributed by atoms with Crippen LogP contribution in [0.1, 0.15) is 43.0 Å². The molecule has 2 aromatic rings. The SMILES string of the molecule is CCn1nnc2cc(C(=O)NC3CCCCC3C(F)(F)F)ccc21. The highest BCUT2D eigenvalue weighted by Gasteiger charge is 2.46. The van der Waals surface area contributed by atoms with Gasteiger partial charge in [0.05, 0.1) is 11.4 Å². The van der Waals surface area contributed by atoms with Crippen LogP contribution in [-0.2, 0) is 6.54 Å². The van der Waals surface area contributed by atoms with E-state index in [1.165, 1.54) is 0 Å². The number of aryl methyl sites for hydroxylation is 1. The van der Waals surface area contributed by atoms with E-state index in [1.54, 1.807) is 22.9 Å². The highest BCUT2D eigenvalue weighted by atomic mass is 19.4. The molecule has 0 radical (unpaired) electrons. The van der Waals surface area contributed by atoms with E-state index in [0.29, 0.717) is 36.9 Å². The van der Waals surface area contributed by atoms with Gasteiger partial charge in [-0.3, -0.25) is 4.79 Å². The monoisotopic (exact) mass is 340 g/mol. The Hall–Kier alpha value is -2.12. The molecular formula is C16H19F3N4O. The number of carbonyl (C=O) groups is 1. The largest absolute Gasteiger partial charge is 0.393 e. The minimum absolute atomic E-state index is 0.0678. The molecule has 3 rings (SSSR count). The van der Waals surface area contributed by atoms with Crippen molar-refractivity contribution in [3.63, 3.8) is 0 Å². The summed E-state index contributed by atoms with van der Waals surface area (Å²) in [6.07, 6.45) is -2.63. The second-order valence-corrected chi connectivity index (χ2v) is 6.12. The average molecular weight is 340 g/mol. The molecule has 0 bridgehead atoms. The Morgan fingerprint density at radius 1 is 1.33 bits per heavy atom. The van der Waals surface area contributed by atoms with Gasteiger partial charge in [-0.15, -0.1) is 5.10 Å². The summed E-state index contributed by atoms with van der Waals surface area (Å²) in [5.74, 6) is -1.97. The van der Waals surface area contributed by atoms with Crippen molar-refractivity contribution in [1.82, 2.24) is 20.3 Å². The molecule has 2 atom stereocenters. The Kier molecular flexibility index (Phi) is 4.47. The van der Waals surface area contributed by atoms with Gasteiger partial charge in [0.25, 0.3) is 5.91 Å². The molecule has 1 saturated carbocycles. The highest BCUT2D eigenvalue weighted by Crippen LogP contribution is 2.37. The molecule has 1 fully saturated rings. The Morgan fingerprint density at radius 2 is 2.08 bits per heavy atom. The van der Waals surface area contributed by atoms with Crippen molar-refractivity contribution in [2.75, 3.05) is 0 Å². The van der Waals surface area contributed by atoms with Gasteiger partial charge in [0, 0.05) is 18.2 Å². The highest BCUT2D eigenvalue weighted by molar-refractivity contribution is 5.97. The lowest BCUT2D eigenvalue weighted by molar-refractivity contribution is -0.187. The van der Waals surface area contributed by atoms with Gasteiger partial charge in [0.1, 0.15) is 5.52 Å². The predicted octanol–water partition coefficient (Wildman–Crippen LogP) is 3.30. The molecule has 1 N–H and O–H groups in total. The predicted molar refractivity (Wildman–Crippen MR) is 82.5 cm³/mol. The van der Waals surface area contributed by atoms with Crippen LogP contribution in [0.3, 0.4) is 0 Å². The summed E-state index contributed by atoms with van der Waals surface area (Å²) in [5, 5.41) is 10.5. The van der Waals surface area contributed by atoms with Crippen molar-refractivity contribution < 1.29 is 18.0 Å². The van der Waals surface area contributed by atoms with E-state index in [0.717, 1.165) is 5.52 Å². The van der Waals surface area contributed by atoms with Crippen LogP contribution in [0.4, 0.5) is 13.2 Å². The molecule has 2 unspecified atom stereocenters. The van der Waals surface area contributed by atoms with Crippen molar-refractivity contribution in [2.24, 2.45) is 5.92 Å². The lowest BCUT2D eigenvalue weighted by Crippen LogP contribution is -2.47. The van der Waals surface area contributed by atoms with Crippen LogP contribution in [0.25, 0.3) is 11.0 Å². The maximum absolute atomic E-state index is 13.1. The minimum Gasteiger partial charge on any atom is -0.349 e. The smallest absolute Gasteiger partial charge is 0.349 e. The van der Waals surface area contributed by atoms with Gasteiger partial charge in [-0.2, -0.15) is 13.2 Å². The zero-order valence-electron chi connectivity index (χ0n) is 13.3. The van der Waals surface area contributed by atoms with Crippen molar-refractivity contribution in [3.05, 3.63) is 23.8 Å². The number of alkyl halides is 3. The van der Waals surface area contributed by atoms with Gasteiger partial charge in [-0.25, -0.2) is 4.68 Å². The van der Waals surface area contributed by atoms with E-state index in [-0.39, 0.29) is 6.42 Å². The van der Waals surface area contributed by atoms with Crippen LogP contribution in [0.15, 0.2) is 18.2 Å². The zero-order chi connectivity index (χ0) is 17.3. The van der Waals surface area contributed by atoms with Crippen LogP contribution in [0.5, 0.6) is 0 Å². The van der Waals surface area contributed by atoms with E-state index in [4.69, 9.17) is 0 Å². The minimum atomic E-state index is -4.29. The number of amides is 1. The van der Waals surface area contributed by atoms with Crippen molar-refractivity contribution in [2.45, 2.75) is 51.4 Å². The van der Waals surface area contributed by atoms with Gasteiger partial charge in [-0.05, 0) is 38.0 Å². The van der Waals surface area contributed by atoms with Gasteiger partial charge in [-0.1, -0.05) is 18.1 Å². The molecule has 0 saturated heterocycles. The molecule has 5 nitrogen and oxygen atoms in total. The van der Waals surface area contributed by atoms with E-state index >= 15 is 0 Å². The number of nitrogens with zero attached hydrogens (tertiary/aromatic N) is 3. The van der Waals surface area contributed by atoms with Crippen LogP contribution in [0, 0.1) is 5.92 Å². The molecule has 130 valence electrons. The Labute approximate surface area is 137 Å². The fourth-order valence-corrected chi connectivity index (χ4v) is 3.29. The number of carbonyl (C=O) groups excluding carboxylic acids is 1. The summed E-state index contributed by atoms with van der Waals surface area (Å²) in [7, 11) is 0. The molecule has 1 aromatic carbocycles. The Bertz CT molecular complexity index is 740. The molecule has 1 amide bonds. The van der Waals surface area contributed by atoms with E-state index < -0.39 is 24.0 Å². The maximum atomic E-state index is 13.1. The number of hydrogen-bond acceptors (Lipinski definition) is 3. The number of fused-ring (bicyclic) bond motifs is 1. The first kappa shape index (κ1) is 16.7. The van der Waals surface area contributed by atoms with E-state index in [1.807, 2.05) is 6.92 Å². The zero-order valence-corrected chi connectivity index (χ0v) is 13.3. The topological polar surface area (TPSA) is 59.8 Å². The molecular weight excluding hydrogens is 321 g/mol. The summed E-state index contributed by atoms with van der Waals surface area (Å²) >= 11 is 0. The molecule has 1 aromatic heterocycles. The fraction of sp³-hybridized carbons (Fsp3) is 0.562. The normalized spacial score (nSPS) is 21.8. The third-order valence-corrected chi connectivity index (χ3v) is 4.58. The Balaban J connectivity index is 1.78. The van der Waals surface area contributed by atoms with Crippen LogP contribution < -0.4 is 5.32 Å². The van der Waals surface area contributed by atoms with Gasteiger partial charge in [0.2, 0.25) is 0 Å². The number of benzene rings is 1. The van der Waals surface area contributed by atoms with E-state index in [9.17, 15) is 18.0 Å². The first-order valence-corrected chi connectivity index (χ1v) is 8.11. The summed E-state index contributed by atoms with van der Waals surface area (Å²) in [6, 6.07) is 4.01. The first-order chi connectivity index (χ1) is 11.4. The van der Waals surface area contributed by atoms with Crippen LogP contribution >= 0.6 is 0 Å². The molecule has 1 heterocycles. The molecule has 1 aliphatic carbocycles. The van der Waals surface area contributed by atoms with Gasteiger partial charge < -0.3 is 5.32 Å². The second-order valence-electron chi connectivity index (χ2n) is 6.12. The summed E-state index contributed by atoms with van der Waals surface area (Å²) in [6.45, 7) is 2.58. The first-order valence-electron chi connectivity index (χ1n) is 8.11. The molecule has 8 heteroatoms. The standard InChI is InChI=1S/C16H19F3N4O/c1-2-23-14-8-7-10(9-13(14)21-22-23)15(24)20-12-6-4-3-5-11(12)16(17,18)19/h7-9,11-12H,2-6H2,1H3,(H,20,24). The van der Waals surface area contributed by atoms with Gasteiger partial charge >= 0.3 is 6.18 Å². The second kappa shape index (κ2) is 6.41. The third kappa shape index (κ3) is 3.22. The lowest BCUT2D eigenvalue weighted by atomic mass is 9.84. The summed E-state index contributed by atoms with van der Waals surface area (Å²) < 4.78 is 41.1. The quantitative estimate of drug-likeness (QED) is 0.933. The molecule has 1 aliphatic rings. The van der Waals surface area contributed by atoms with Crippen LogP contribution in [-0.4, -0.2) is 33.1 Å². The number of aromatic nitrogens is 3. The number of hydrogen-bond donors (Lipinski definition) is 1. The van der Waals surface area contributed by atoms with Crippen molar-refractivity contribution in [3.8, 4) is 0 Å². The lowest BCUT2D eigenvalue weighted by Gasteiger charge is -2.33. The van der Waals surface area contributed by atoms with E-state index in [2.05, 4.69) is 15.6 Å².